The second-order valence-corrected chi connectivity index (χ2v) is 8.18. The highest BCUT2D eigenvalue weighted by Gasteiger charge is 2.28. The fourth-order valence-corrected chi connectivity index (χ4v) is 3.24. The molecular formula is C20H29BrFN3. The third kappa shape index (κ3) is 5.93. The normalized spacial score (nSPS) is 21.4. The molecule has 0 aliphatic carbocycles. The molecule has 2 N–H and O–H groups in total. The molecule has 2 rings (SSSR count). The molecule has 3 unspecified atom stereocenters. The molecule has 1 aliphatic rings. The van der Waals surface area contributed by atoms with Crippen LogP contribution >= 0.6 is 15.9 Å². The Balaban J connectivity index is 2.04. The van der Waals surface area contributed by atoms with Crippen molar-refractivity contribution in [3.05, 3.63) is 47.3 Å². The standard InChI is InChI=1S/C20H29BrFN3/c1-14(21)8-10-17-15(2)24-25-20(17)18-11-9-16(13-19(18)22)7-5-4-6-12-23-3/h8-11,13-15,17,23-24H,4-7,12H2,1-3H3/b10-8-. The summed E-state index contributed by atoms with van der Waals surface area (Å²) in [6, 6.07) is 5.77. The van der Waals surface area contributed by atoms with Crippen LogP contribution in [-0.2, 0) is 6.42 Å². The smallest absolute Gasteiger partial charge is 0.132 e. The molecule has 0 aromatic heterocycles. The minimum absolute atomic E-state index is 0.0851. The van der Waals surface area contributed by atoms with E-state index in [2.05, 4.69) is 57.8 Å². The van der Waals surface area contributed by atoms with Gasteiger partial charge in [0.1, 0.15) is 5.82 Å². The van der Waals surface area contributed by atoms with Crippen molar-refractivity contribution >= 4 is 21.6 Å². The fourth-order valence-electron chi connectivity index (χ4n) is 3.06. The fraction of sp³-hybridized carbons (Fsp3) is 0.550. The molecule has 0 spiro atoms. The van der Waals surface area contributed by atoms with Crippen molar-refractivity contribution in [2.24, 2.45) is 11.0 Å². The van der Waals surface area contributed by atoms with Gasteiger partial charge in [-0.2, -0.15) is 5.10 Å². The van der Waals surface area contributed by atoms with E-state index in [-0.39, 0.29) is 22.6 Å². The van der Waals surface area contributed by atoms with Crippen LogP contribution in [0.5, 0.6) is 0 Å². The van der Waals surface area contributed by atoms with Crippen LogP contribution in [0.3, 0.4) is 0 Å². The summed E-state index contributed by atoms with van der Waals surface area (Å²) in [6.45, 7) is 5.17. The molecule has 138 valence electrons. The maximum atomic E-state index is 14.7. The average Bonchev–Trinajstić information content (AvgIpc) is 2.93. The Hall–Kier alpha value is -1.20. The molecule has 0 radical (unpaired) electrons. The van der Waals surface area contributed by atoms with Gasteiger partial charge in [0, 0.05) is 16.3 Å². The number of hydrazone groups is 1. The summed E-state index contributed by atoms with van der Waals surface area (Å²) in [5.41, 5.74) is 5.54. The van der Waals surface area contributed by atoms with Crippen LogP contribution in [0.1, 0.15) is 44.2 Å². The molecule has 0 fully saturated rings. The first-order valence-corrected chi connectivity index (χ1v) is 10.0. The van der Waals surface area contributed by atoms with E-state index in [0.29, 0.717) is 5.56 Å². The van der Waals surface area contributed by atoms with Crippen LogP contribution < -0.4 is 10.7 Å². The number of alkyl halides is 1. The van der Waals surface area contributed by atoms with Gasteiger partial charge in [-0.1, -0.05) is 40.6 Å². The average molecular weight is 410 g/mol. The molecule has 0 saturated heterocycles. The lowest BCUT2D eigenvalue weighted by Gasteiger charge is -2.14. The molecule has 0 bridgehead atoms. The molecule has 1 aromatic carbocycles. The molecule has 1 aromatic rings. The van der Waals surface area contributed by atoms with Crippen molar-refractivity contribution in [2.75, 3.05) is 13.6 Å². The summed E-state index contributed by atoms with van der Waals surface area (Å²) in [5.74, 6) is -0.0884. The first-order chi connectivity index (χ1) is 12.0. The van der Waals surface area contributed by atoms with E-state index in [9.17, 15) is 4.39 Å². The van der Waals surface area contributed by atoms with Crippen molar-refractivity contribution in [3.63, 3.8) is 0 Å². The Morgan fingerprint density at radius 2 is 2.16 bits per heavy atom. The zero-order valence-corrected chi connectivity index (χ0v) is 16.9. The number of nitrogens with one attached hydrogen (secondary N) is 2. The summed E-state index contributed by atoms with van der Waals surface area (Å²) in [5, 5.41) is 7.54. The highest BCUT2D eigenvalue weighted by Crippen LogP contribution is 2.24. The minimum atomic E-state index is -0.173. The topological polar surface area (TPSA) is 36.4 Å². The highest BCUT2D eigenvalue weighted by molar-refractivity contribution is 9.09. The van der Waals surface area contributed by atoms with Gasteiger partial charge in [-0.15, -0.1) is 0 Å². The Labute approximate surface area is 159 Å². The largest absolute Gasteiger partial charge is 0.320 e. The van der Waals surface area contributed by atoms with Crippen LogP contribution in [0.2, 0.25) is 0 Å². The molecule has 5 heteroatoms. The number of benzene rings is 1. The first kappa shape index (κ1) is 20.1. The minimum Gasteiger partial charge on any atom is -0.320 e. The lowest BCUT2D eigenvalue weighted by Crippen LogP contribution is -2.25. The van der Waals surface area contributed by atoms with Crippen LogP contribution in [0.25, 0.3) is 0 Å². The molecule has 0 saturated carbocycles. The van der Waals surface area contributed by atoms with Crippen molar-refractivity contribution in [3.8, 4) is 0 Å². The zero-order chi connectivity index (χ0) is 18.2. The molecule has 1 heterocycles. The Bertz CT molecular complexity index is 613. The number of hydrogen-bond acceptors (Lipinski definition) is 3. The number of unbranched alkanes of at least 4 members (excludes halogenated alkanes) is 2. The Morgan fingerprint density at radius 1 is 1.36 bits per heavy atom. The quantitative estimate of drug-likeness (QED) is 0.360. The second-order valence-electron chi connectivity index (χ2n) is 6.73. The molecule has 3 nitrogen and oxygen atoms in total. The third-order valence-corrected chi connectivity index (χ3v) is 4.83. The maximum absolute atomic E-state index is 14.7. The number of nitrogens with zero attached hydrogens (tertiary/aromatic N) is 1. The maximum Gasteiger partial charge on any atom is 0.132 e. The lowest BCUT2D eigenvalue weighted by atomic mass is 9.90. The molecule has 3 atom stereocenters. The summed E-state index contributed by atoms with van der Waals surface area (Å²) in [4.78, 5) is 0.289. The van der Waals surface area contributed by atoms with Gasteiger partial charge in [0.25, 0.3) is 0 Å². The van der Waals surface area contributed by atoms with E-state index in [4.69, 9.17) is 0 Å². The second kappa shape index (κ2) is 10.1. The molecule has 1 aliphatic heterocycles. The lowest BCUT2D eigenvalue weighted by molar-refractivity contribution is 0.571. The van der Waals surface area contributed by atoms with Crippen LogP contribution in [0.15, 0.2) is 35.5 Å². The van der Waals surface area contributed by atoms with Gasteiger partial charge in [0.2, 0.25) is 0 Å². The summed E-state index contributed by atoms with van der Waals surface area (Å²) < 4.78 is 14.7. The van der Waals surface area contributed by atoms with E-state index < -0.39 is 0 Å². The SMILES string of the molecule is CNCCCCCc1ccc(C2=NNC(C)C2/C=C\C(C)Br)c(F)c1. The van der Waals surface area contributed by atoms with Crippen LogP contribution in [0.4, 0.5) is 4.39 Å². The Morgan fingerprint density at radius 3 is 2.84 bits per heavy atom. The van der Waals surface area contributed by atoms with Gasteiger partial charge in [0.05, 0.1) is 11.8 Å². The molecule has 0 amide bonds. The number of halogens is 2. The summed E-state index contributed by atoms with van der Waals surface area (Å²) in [6.07, 6.45) is 8.54. The number of aryl methyl sites for hydroxylation is 1. The predicted octanol–water partition coefficient (Wildman–Crippen LogP) is 4.41. The Kier molecular flexibility index (Phi) is 8.10. The van der Waals surface area contributed by atoms with Crippen LogP contribution in [-0.4, -0.2) is 30.2 Å². The van der Waals surface area contributed by atoms with Crippen molar-refractivity contribution < 1.29 is 4.39 Å². The number of hydrogen-bond donors (Lipinski definition) is 2. The van der Waals surface area contributed by atoms with Gasteiger partial charge in [-0.25, -0.2) is 4.39 Å². The first-order valence-electron chi connectivity index (χ1n) is 9.11. The van der Waals surface area contributed by atoms with E-state index in [1.807, 2.05) is 19.2 Å². The van der Waals surface area contributed by atoms with Crippen molar-refractivity contribution in [1.29, 1.82) is 0 Å². The van der Waals surface area contributed by atoms with Crippen molar-refractivity contribution in [1.82, 2.24) is 10.7 Å². The van der Waals surface area contributed by atoms with E-state index in [1.54, 1.807) is 6.07 Å². The van der Waals surface area contributed by atoms with Gasteiger partial charge in [-0.3, -0.25) is 0 Å². The third-order valence-electron chi connectivity index (χ3n) is 4.53. The molecule has 25 heavy (non-hydrogen) atoms. The number of allylic oxidation sites excluding steroid dienone is 1. The monoisotopic (exact) mass is 409 g/mol. The zero-order valence-electron chi connectivity index (χ0n) is 15.4. The van der Waals surface area contributed by atoms with E-state index >= 15 is 0 Å². The number of rotatable bonds is 9. The molecular weight excluding hydrogens is 381 g/mol. The van der Waals surface area contributed by atoms with Gasteiger partial charge < -0.3 is 10.7 Å². The van der Waals surface area contributed by atoms with Gasteiger partial charge in [0.15, 0.2) is 0 Å². The highest BCUT2D eigenvalue weighted by atomic mass is 79.9. The van der Waals surface area contributed by atoms with Crippen LogP contribution in [0, 0.1) is 11.7 Å². The van der Waals surface area contributed by atoms with Crippen molar-refractivity contribution in [2.45, 2.75) is 50.4 Å². The van der Waals surface area contributed by atoms with E-state index in [1.165, 1.54) is 0 Å². The van der Waals surface area contributed by atoms with Gasteiger partial charge >= 0.3 is 0 Å². The predicted molar refractivity (Wildman–Crippen MR) is 108 cm³/mol. The van der Waals surface area contributed by atoms with E-state index in [0.717, 1.165) is 43.5 Å². The summed E-state index contributed by atoms with van der Waals surface area (Å²) in [7, 11) is 1.97. The summed E-state index contributed by atoms with van der Waals surface area (Å²) >= 11 is 3.52. The van der Waals surface area contributed by atoms with Gasteiger partial charge in [-0.05, 0) is 64.4 Å².